The molecule has 4 rings (SSSR count). The summed E-state index contributed by atoms with van der Waals surface area (Å²) in [5.41, 5.74) is -0.120. The van der Waals surface area contributed by atoms with Gasteiger partial charge in [0.15, 0.2) is 5.82 Å². The summed E-state index contributed by atoms with van der Waals surface area (Å²) in [7, 11) is 0. The molecule has 1 aromatic heterocycles. The molecule has 0 saturated carbocycles. The number of benzene rings is 3. The molecule has 7 nitrogen and oxygen atoms in total. The summed E-state index contributed by atoms with van der Waals surface area (Å²) in [6.45, 7) is 1.96. The molecule has 3 aromatic carbocycles. The van der Waals surface area contributed by atoms with Crippen LogP contribution in [0.3, 0.4) is 0 Å². The van der Waals surface area contributed by atoms with Crippen molar-refractivity contribution in [3.8, 4) is 23.1 Å². The first-order valence-electron chi connectivity index (χ1n) is 10.5. The van der Waals surface area contributed by atoms with Crippen molar-refractivity contribution >= 4 is 17.4 Å². The van der Waals surface area contributed by atoms with Gasteiger partial charge in [0.1, 0.15) is 11.6 Å². The van der Waals surface area contributed by atoms with Crippen molar-refractivity contribution in [1.82, 2.24) is 14.8 Å². The van der Waals surface area contributed by atoms with Crippen LogP contribution in [0.4, 0.5) is 38.1 Å². The molecule has 0 aliphatic rings. The summed E-state index contributed by atoms with van der Waals surface area (Å²) in [5.74, 6) is -1.59. The van der Waals surface area contributed by atoms with E-state index in [4.69, 9.17) is 4.74 Å². The first-order valence-corrected chi connectivity index (χ1v) is 10.5. The van der Waals surface area contributed by atoms with E-state index in [1.54, 1.807) is 19.1 Å². The number of nitrogens with one attached hydrogen (secondary N) is 2. The number of rotatable bonds is 6. The molecule has 0 aliphatic carbocycles. The lowest BCUT2D eigenvalue weighted by atomic mass is 10.1. The number of carbonyl (C=O) groups excluding carboxylic acids is 1. The number of aromatic nitrogens is 3. The van der Waals surface area contributed by atoms with E-state index in [0.717, 1.165) is 24.3 Å². The van der Waals surface area contributed by atoms with Gasteiger partial charge in [-0.1, -0.05) is 12.1 Å². The third-order valence-corrected chi connectivity index (χ3v) is 4.86. The number of hydrogen-bond acceptors (Lipinski definition) is 4. The Labute approximate surface area is 201 Å². The summed E-state index contributed by atoms with van der Waals surface area (Å²) < 4.78 is 73.1. The monoisotopic (exact) mass is 503 g/mol. The fraction of sp³-hybridized carbons (Fsp3) is 0.125. The van der Waals surface area contributed by atoms with Crippen molar-refractivity contribution in [2.45, 2.75) is 13.1 Å². The van der Waals surface area contributed by atoms with E-state index < -0.39 is 29.4 Å². The summed E-state index contributed by atoms with van der Waals surface area (Å²) in [6, 6.07) is 12.7. The summed E-state index contributed by atoms with van der Waals surface area (Å²) in [5, 5.41) is 9.00. The van der Waals surface area contributed by atoms with Gasteiger partial charge in [-0.3, -0.25) is 0 Å². The minimum Gasteiger partial charge on any atom is -0.463 e. The lowest BCUT2D eigenvalue weighted by Crippen LogP contribution is -2.20. The van der Waals surface area contributed by atoms with Crippen LogP contribution in [0.1, 0.15) is 12.5 Å². The number of ether oxygens (including phenoxy) is 1. The Morgan fingerprint density at radius 1 is 1.00 bits per heavy atom. The van der Waals surface area contributed by atoms with Crippen LogP contribution in [-0.4, -0.2) is 27.4 Å². The minimum absolute atomic E-state index is 0.0205. The Balaban J connectivity index is 1.58. The molecule has 0 bridgehead atoms. The van der Waals surface area contributed by atoms with Crippen LogP contribution in [0.25, 0.3) is 17.1 Å². The second-order valence-electron chi connectivity index (χ2n) is 7.39. The molecule has 0 fully saturated rings. The van der Waals surface area contributed by atoms with Gasteiger partial charge in [0.05, 0.1) is 23.5 Å². The number of hydrogen-bond donors (Lipinski definition) is 2. The molecule has 4 aromatic rings. The van der Waals surface area contributed by atoms with Gasteiger partial charge in [0.25, 0.3) is 0 Å². The molecule has 0 spiro atoms. The molecular weight excluding hydrogens is 485 g/mol. The van der Waals surface area contributed by atoms with E-state index >= 15 is 0 Å². The quantitative estimate of drug-likeness (QED) is 0.304. The highest BCUT2D eigenvalue weighted by atomic mass is 19.4. The third kappa shape index (κ3) is 5.59. The zero-order chi connectivity index (χ0) is 25.9. The summed E-state index contributed by atoms with van der Waals surface area (Å²) in [4.78, 5) is 16.4. The molecule has 1 heterocycles. The fourth-order valence-electron chi connectivity index (χ4n) is 3.25. The van der Waals surface area contributed by atoms with Gasteiger partial charge in [0, 0.05) is 17.3 Å². The zero-order valence-corrected chi connectivity index (χ0v) is 18.6. The zero-order valence-electron chi connectivity index (χ0n) is 18.6. The van der Waals surface area contributed by atoms with E-state index in [1.807, 2.05) is 0 Å². The Kier molecular flexibility index (Phi) is 6.86. The van der Waals surface area contributed by atoms with Crippen LogP contribution >= 0.6 is 0 Å². The van der Waals surface area contributed by atoms with Crippen molar-refractivity contribution in [3.05, 3.63) is 83.9 Å². The van der Waals surface area contributed by atoms with Gasteiger partial charge in [-0.25, -0.2) is 18.3 Å². The van der Waals surface area contributed by atoms with Gasteiger partial charge < -0.3 is 15.4 Å². The molecule has 2 N–H and O–H groups in total. The van der Waals surface area contributed by atoms with Crippen LogP contribution in [0.5, 0.6) is 6.01 Å². The van der Waals surface area contributed by atoms with Crippen LogP contribution in [-0.2, 0) is 6.18 Å². The largest absolute Gasteiger partial charge is 0.463 e. The smallest absolute Gasteiger partial charge is 0.416 e. The Bertz CT molecular complexity index is 1390. The van der Waals surface area contributed by atoms with E-state index in [2.05, 4.69) is 20.7 Å². The topological polar surface area (TPSA) is 81.1 Å². The predicted molar refractivity (Wildman–Crippen MR) is 122 cm³/mol. The average molecular weight is 503 g/mol. The first-order chi connectivity index (χ1) is 17.1. The Morgan fingerprint density at radius 3 is 2.42 bits per heavy atom. The van der Waals surface area contributed by atoms with Crippen LogP contribution < -0.4 is 15.4 Å². The number of amides is 2. The van der Waals surface area contributed by atoms with Gasteiger partial charge in [0.2, 0.25) is 0 Å². The second kappa shape index (κ2) is 10.0. The number of alkyl halides is 3. The third-order valence-electron chi connectivity index (χ3n) is 4.86. The van der Waals surface area contributed by atoms with Crippen molar-refractivity contribution in [3.63, 3.8) is 0 Å². The number of anilines is 2. The highest BCUT2D eigenvalue weighted by molar-refractivity contribution is 5.99. The van der Waals surface area contributed by atoms with Gasteiger partial charge in [-0.2, -0.15) is 18.2 Å². The van der Waals surface area contributed by atoms with Crippen molar-refractivity contribution < 1.29 is 31.5 Å². The maximum atomic E-state index is 13.7. The maximum absolute atomic E-state index is 13.7. The van der Waals surface area contributed by atoms with Crippen LogP contribution in [0.15, 0.2) is 66.7 Å². The summed E-state index contributed by atoms with van der Waals surface area (Å²) >= 11 is 0. The Hall–Kier alpha value is -4.48. The molecule has 0 saturated heterocycles. The van der Waals surface area contributed by atoms with Crippen molar-refractivity contribution in [2.24, 2.45) is 0 Å². The molecule has 0 aliphatic heterocycles. The molecule has 0 unspecified atom stereocenters. The lowest BCUT2D eigenvalue weighted by Gasteiger charge is -2.11. The number of halogens is 5. The molecule has 2 amide bonds. The van der Waals surface area contributed by atoms with Crippen LogP contribution in [0, 0.1) is 11.6 Å². The van der Waals surface area contributed by atoms with E-state index in [-0.39, 0.29) is 29.7 Å². The van der Waals surface area contributed by atoms with Crippen molar-refractivity contribution in [2.75, 3.05) is 17.2 Å². The lowest BCUT2D eigenvalue weighted by molar-refractivity contribution is -0.137. The molecular formula is C24H18F5N5O2. The molecule has 36 heavy (non-hydrogen) atoms. The average Bonchev–Trinajstić information content (AvgIpc) is 3.25. The molecule has 0 radical (unpaired) electrons. The van der Waals surface area contributed by atoms with E-state index in [0.29, 0.717) is 17.4 Å². The SMILES string of the molecule is CCOc1nc(-c2cccc(C(F)(F)F)c2)n(-c2ccc(NC(=O)Nc3ccc(F)cc3F)cc2)n1. The van der Waals surface area contributed by atoms with Gasteiger partial charge >= 0.3 is 18.2 Å². The normalized spacial score (nSPS) is 11.3. The first kappa shape index (κ1) is 24.6. The second-order valence-corrected chi connectivity index (χ2v) is 7.39. The van der Waals surface area contributed by atoms with E-state index in [9.17, 15) is 26.7 Å². The highest BCUT2D eigenvalue weighted by Crippen LogP contribution is 2.33. The van der Waals surface area contributed by atoms with Crippen molar-refractivity contribution in [1.29, 1.82) is 0 Å². The van der Waals surface area contributed by atoms with Gasteiger partial charge in [-0.05, 0) is 55.5 Å². The van der Waals surface area contributed by atoms with Crippen LogP contribution in [0.2, 0.25) is 0 Å². The molecule has 0 atom stereocenters. The van der Waals surface area contributed by atoms with E-state index in [1.165, 1.54) is 28.9 Å². The van der Waals surface area contributed by atoms with Gasteiger partial charge in [-0.15, -0.1) is 5.10 Å². The Morgan fingerprint density at radius 2 is 1.75 bits per heavy atom. The highest BCUT2D eigenvalue weighted by Gasteiger charge is 2.31. The predicted octanol–water partition coefficient (Wildman–Crippen LogP) is 6.27. The summed E-state index contributed by atoms with van der Waals surface area (Å²) in [6.07, 6.45) is -4.53. The molecule has 12 heteroatoms. The number of nitrogens with zero attached hydrogens (tertiary/aromatic N) is 3. The fourth-order valence-corrected chi connectivity index (χ4v) is 3.25. The maximum Gasteiger partial charge on any atom is 0.416 e. The number of carbonyl (C=O) groups is 1. The molecule has 186 valence electrons. The minimum atomic E-state index is -4.53. The standard InChI is InChI=1S/C24H18F5N5O2/c1-2-36-23-32-21(14-4-3-5-15(12-14)24(27,28)29)34(33-23)18-9-7-17(8-10-18)30-22(35)31-20-11-6-16(25)13-19(20)26/h3-13H,2H2,1H3,(H2,30,31,35). The number of urea groups is 1.